The lowest BCUT2D eigenvalue weighted by molar-refractivity contribution is -0.0221. The summed E-state index contributed by atoms with van der Waals surface area (Å²) in [5.74, 6) is -3.75. The highest BCUT2D eigenvalue weighted by molar-refractivity contribution is 5.78. The topological polar surface area (TPSA) is 85.9 Å². The van der Waals surface area contributed by atoms with Crippen LogP contribution >= 0.6 is 0 Å². The fourth-order valence-electron chi connectivity index (χ4n) is 4.77. The molecule has 1 fully saturated rings. The normalized spacial score (nSPS) is 22.2. The molecule has 6 rings (SSSR count). The minimum Gasteiger partial charge on any atom is -0.462 e. The number of fused-ring (bicyclic) bond motifs is 4. The third kappa shape index (κ3) is 3.53. The van der Waals surface area contributed by atoms with Crippen LogP contribution in [-0.2, 0) is 10.3 Å². The number of halogens is 4. The summed E-state index contributed by atoms with van der Waals surface area (Å²) in [6.07, 6.45) is 1.92. The zero-order valence-corrected chi connectivity index (χ0v) is 18.3. The second kappa shape index (κ2) is 7.56. The van der Waals surface area contributed by atoms with Gasteiger partial charge in [0.1, 0.15) is 24.0 Å². The average molecular weight is 485 g/mol. The van der Waals surface area contributed by atoms with Crippen LogP contribution in [0.3, 0.4) is 0 Å². The van der Waals surface area contributed by atoms with Crippen LogP contribution in [0.1, 0.15) is 24.0 Å². The molecule has 3 aromatic rings. The molecule has 0 saturated carbocycles. The summed E-state index contributed by atoms with van der Waals surface area (Å²) in [5.41, 5.74) is 6.65. The summed E-state index contributed by atoms with van der Waals surface area (Å²) >= 11 is 0. The molecule has 1 spiro atoms. The number of aromatic nitrogens is 2. The van der Waals surface area contributed by atoms with Crippen molar-refractivity contribution in [3.63, 3.8) is 0 Å². The molecule has 7 nitrogen and oxygen atoms in total. The van der Waals surface area contributed by atoms with Crippen molar-refractivity contribution < 1.29 is 27.0 Å². The Balaban J connectivity index is 1.49. The maximum absolute atomic E-state index is 15.3. The third-order valence-electron chi connectivity index (χ3n) is 6.59. The maximum atomic E-state index is 15.3. The highest BCUT2D eigenvalue weighted by Gasteiger charge is 2.49. The van der Waals surface area contributed by atoms with E-state index in [1.54, 1.807) is 29.2 Å². The number of aliphatic imine (C=N–C) groups is 1. The SMILES string of the molecule is NC1=N[C@@]2(CO1)c1cc(-c3cncc(F)c3)ccc1Oc1c2cc(N2CCC(F)(F)CC2)nc1F. The molecule has 0 unspecified atom stereocenters. The summed E-state index contributed by atoms with van der Waals surface area (Å²) < 4.78 is 67.8. The van der Waals surface area contributed by atoms with Crippen molar-refractivity contribution in [2.75, 3.05) is 24.6 Å². The van der Waals surface area contributed by atoms with Gasteiger partial charge in [0, 0.05) is 48.8 Å². The van der Waals surface area contributed by atoms with Crippen molar-refractivity contribution in [2.24, 2.45) is 10.7 Å². The predicted molar refractivity (Wildman–Crippen MR) is 119 cm³/mol. The van der Waals surface area contributed by atoms with Gasteiger partial charge in [-0.15, -0.1) is 0 Å². The number of ether oxygens (including phenoxy) is 2. The fraction of sp³-hybridized carbons (Fsp3) is 0.292. The number of hydrogen-bond acceptors (Lipinski definition) is 7. The molecule has 1 saturated heterocycles. The Bertz CT molecular complexity index is 1370. The van der Waals surface area contributed by atoms with E-state index in [0.29, 0.717) is 28.0 Å². The van der Waals surface area contributed by atoms with E-state index in [4.69, 9.17) is 15.2 Å². The van der Waals surface area contributed by atoms with Gasteiger partial charge in [-0.2, -0.15) is 9.37 Å². The quantitative estimate of drug-likeness (QED) is 0.429. The second-order valence-electron chi connectivity index (χ2n) is 8.79. The molecule has 0 aliphatic carbocycles. The summed E-state index contributed by atoms with van der Waals surface area (Å²) in [7, 11) is 0. The van der Waals surface area contributed by atoms with Gasteiger partial charge in [-0.3, -0.25) is 4.98 Å². The molecule has 0 amide bonds. The van der Waals surface area contributed by atoms with Gasteiger partial charge in [0.15, 0.2) is 11.3 Å². The Morgan fingerprint density at radius 2 is 1.77 bits per heavy atom. The first-order valence-corrected chi connectivity index (χ1v) is 11.0. The predicted octanol–water partition coefficient (Wildman–Crippen LogP) is 4.35. The second-order valence-corrected chi connectivity index (χ2v) is 8.79. The number of pyridine rings is 2. The zero-order chi connectivity index (χ0) is 24.4. The largest absolute Gasteiger partial charge is 0.462 e. The minimum atomic E-state index is -2.76. The average Bonchev–Trinajstić information content (AvgIpc) is 3.22. The van der Waals surface area contributed by atoms with Crippen molar-refractivity contribution in [3.05, 3.63) is 65.6 Å². The molecule has 5 heterocycles. The summed E-state index contributed by atoms with van der Waals surface area (Å²) in [6, 6.07) is 7.93. The molecule has 2 aromatic heterocycles. The van der Waals surface area contributed by atoms with E-state index in [1.807, 2.05) is 0 Å². The summed E-state index contributed by atoms with van der Waals surface area (Å²) in [5, 5.41) is 0. The molecule has 3 aliphatic heterocycles. The molecule has 3 aliphatic rings. The van der Waals surface area contributed by atoms with Gasteiger partial charge in [0.2, 0.25) is 0 Å². The highest BCUT2D eigenvalue weighted by Crippen LogP contribution is 2.53. The molecule has 11 heteroatoms. The standard InChI is InChI=1S/C24H19F4N5O2/c25-15-7-14(10-30-11-15)13-1-2-18-16(8-13)24(12-34-22(29)32-24)17-9-19(31-21(26)20(17)35-18)33-5-3-23(27,28)4-6-33/h1-2,7-11H,3-6,12H2,(H2,29,32)/t24-/m0/s1. The van der Waals surface area contributed by atoms with Crippen molar-refractivity contribution in [2.45, 2.75) is 24.3 Å². The molecule has 0 radical (unpaired) electrons. The van der Waals surface area contributed by atoms with Gasteiger partial charge >= 0.3 is 0 Å². The molecule has 1 aromatic carbocycles. The summed E-state index contributed by atoms with van der Waals surface area (Å²) in [6.45, 7) is 0.0244. The van der Waals surface area contributed by atoms with Gasteiger partial charge in [0.05, 0.1) is 6.20 Å². The minimum absolute atomic E-state index is 0.0291. The number of nitrogens with zero attached hydrogens (tertiary/aromatic N) is 4. The number of hydrogen-bond donors (Lipinski definition) is 1. The highest BCUT2D eigenvalue weighted by atomic mass is 19.3. The molecule has 35 heavy (non-hydrogen) atoms. The van der Waals surface area contributed by atoms with Crippen LogP contribution in [0.25, 0.3) is 11.1 Å². The van der Waals surface area contributed by atoms with E-state index in [9.17, 15) is 13.2 Å². The van der Waals surface area contributed by atoms with Crippen LogP contribution in [0.4, 0.5) is 23.4 Å². The van der Waals surface area contributed by atoms with Gasteiger partial charge in [-0.25, -0.2) is 18.2 Å². The van der Waals surface area contributed by atoms with Crippen LogP contribution in [0.5, 0.6) is 11.5 Å². The number of benzene rings is 1. The lowest BCUT2D eigenvalue weighted by Gasteiger charge is -2.36. The molecule has 2 N–H and O–H groups in total. The van der Waals surface area contributed by atoms with E-state index >= 15 is 4.39 Å². The number of anilines is 1. The first-order chi connectivity index (χ1) is 16.7. The van der Waals surface area contributed by atoms with Gasteiger partial charge in [0.25, 0.3) is 17.9 Å². The third-order valence-corrected chi connectivity index (χ3v) is 6.59. The fourth-order valence-corrected chi connectivity index (χ4v) is 4.77. The smallest absolute Gasteiger partial charge is 0.283 e. The first-order valence-electron chi connectivity index (χ1n) is 11.0. The molecular formula is C24H19F4N5O2. The molecule has 0 bridgehead atoms. The molecular weight excluding hydrogens is 466 g/mol. The van der Waals surface area contributed by atoms with Crippen LogP contribution in [0.2, 0.25) is 0 Å². The molecule has 1 atom stereocenters. The lowest BCUT2D eigenvalue weighted by atomic mass is 9.80. The van der Waals surface area contributed by atoms with E-state index in [0.717, 1.165) is 6.20 Å². The van der Waals surface area contributed by atoms with Crippen LogP contribution < -0.4 is 15.4 Å². The van der Waals surface area contributed by atoms with Crippen molar-refractivity contribution >= 4 is 11.8 Å². The van der Waals surface area contributed by atoms with E-state index < -0.39 is 23.2 Å². The first kappa shape index (κ1) is 21.6. The Hall–Kier alpha value is -3.89. The number of nitrogens with two attached hydrogens (primary N) is 1. The van der Waals surface area contributed by atoms with E-state index in [-0.39, 0.29) is 50.1 Å². The molecule has 180 valence electrons. The lowest BCUT2D eigenvalue weighted by Crippen LogP contribution is -2.40. The monoisotopic (exact) mass is 485 g/mol. The van der Waals surface area contributed by atoms with E-state index in [1.165, 1.54) is 12.3 Å². The van der Waals surface area contributed by atoms with Crippen LogP contribution in [0, 0.1) is 11.8 Å². The number of alkyl halides is 2. The van der Waals surface area contributed by atoms with Crippen LogP contribution in [-0.4, -0.2) is 41.6 Å². The number of piperidine rings is 1. The Morgan fingerprint density at radius 3 is 2.49 bits per heavy atom. The van der Waals surface area contributed by atoms with Crippen LogP contribution in [0.15, 0.2) is 47.7 Å². The zero-order valence-electron chi connectivity index (χ0n) is 18.3. The Labute approximate surface area is 197 Å². The van der Waals surface area contributed by atoms with Gasteiger partial charge in [-0.1, -0.05) is 6.07 Å². The number of amidine groups is 1. The maximum Gasteiger partial charge on any atom is 0.283 e. The Kier molecular flexibility index (Phi) is 4.67. The van der Waals surface area contributed by atoms with Crippen molar-refractivity contribution in [1.82, 2.24) is 9.97 Å². The van der Waals surface area contributed by atoms with E-state index in [2.05, 4.69) is 15.0 Å². The van der Waals surface area contributed by atoms with Gasteiger partial charge in [-0.05, 0) is 29.8 Å². The van der Waals surface area contributed by atoms with Crippen molar-refractivity contribution in [1.29, 1.82) is 0 Å². The van der Waals surface area contributed by atoms with Crippen molar-refractivity contribution in [3.8, 4) is 22.6 Å². The Morgan fingerprint density at radius 1 is 0.971 bits per heavy atom. The van der Waals surface area contributed by atoms with Gasteiger partial charge < -0.3 is 20.1 Å². The number of rotatable bonds is 2. The summed E-state index contributed by atoms with van der Waals surface area (Å²) in [4.78, 5) is 14.0.